The van der Waals surface area contributed by atoms with Crippen molar-refractivity contribution in [2.24, 2.45) is 0 Å². The molecule has 0 aliphatic rings. The molecule has 0 radical (unpaired) electrons. The molecule has 0 atom stereocenters. The van der Waals surface area contributed by atoms with E-state index in [1.165, 1.54) is 29.8 Å². The van der Waals surface area contributed by atoms with Gasteiger partial charge in [0.15, 0.2) is 23.1 Å². The molecule has 0 saturated carbocycles. The number of carboxylic acids is 2. The number of carbonyl (C=O) groups is 4. The highest BCUT2D eigenvalue weighted by molar-refractivity contribution is 7.21. The fourth-order valence-electron chi connectivity index (χ4n) is 3.81. The zero-order valence-corrected chi connectivity index (χ0v) is 22.7. The molecule has 2 aromatic carbocycles. The highest BCUT2D eigenvalue weighted by Crippen LogP contribution is 2.37. The minimum atomic E-state index is -1.01. The summed E-state index contributed by atoms with van der Waals surface area (Å²) in [6.45, 7) is 0.758. The Hall–Kier alpha value is -3.96. The molecule has 0 aliphatic carbocycles. The van der Waals surface area contributed by atoms with Crippen molar-refractivity contribution in [1.29, 1.82) is 0 Å². The highest BCUT2D eigenvalue weighted by atomic mass is 32.1. The Labute approximate surface area is 231 Å². The topological polar surface area (TPSA) is 136 Å². The van der Waals surface area contributed by atoms with Gasteiger partial charge in [-0.1, -0.05) is 0 Å². The number of hydrogen-bond acceptors (Lipinski definition) is 9. The number of thiophene rings is 2. The number of rotatable bonds is 15. The summed E-state index contributed by atoms with van der Waals surface area (Å²) in [5.74, 6) is -0.668. The second-order valence-electron chi connectivity index (χ2n) is 8.65. The Balaban J connectivity index is 1.31. The number of ether oxygens (including phenoxy) is 3. The van der Waals surface area contributed by atoms with Crippen molar-refractivity contribution < 1.29 is 43.6 Å². The molecule has 4 aromatic rings. The van der Waals surface area contributed by atoms with Crippen molar-refractivity contribution in [3.63, 3.8) is 0 Å². The van der Waals surface area contributed by atoms with Gasteiger partial charge in [-0.3, -0.25) is 19.2 Å². The molecule has 2 aromatic heterocycles. The van der Waals surface area contributed by atoms with E-state index in [1.54, 1.807) is 18.2 Å². The molecule has 0 bridgehead atoms. The van der Waals surface area contributed by atoms with E-state index >= 15 is 0 Å². The lowest BCUT2D eigenvalue weighted by atomic mass is 10.1. The van der Waals surface area contributed by atoms with Crippen LogP contribution < -0.4 is 14.2 Å². The van der Waals surface area contributed by atoms with E-state index in [0.717, 1.165) is 20.2 Å². The minimum Gasteiger partial charge on any atom is -0.493 e. The lowest BCUT2D eigenvalue weighted by molar-refractivity contribution is -0.137. The Bertz CT molecular complexity index is 1530. The molecular weight excluding hydrogens is 544 g/mol. The van der Waals surface area contributed by atoms with Crippen LogP contribution in [0.25, 0.3) is 20.2 Å². The largest absolute Gasteiger partial charge is 0.493 e. The molecule has 39 heavy (non-hydrogen) atoms. The molecule has 9 nitrogen and oxygen atoms in total. The summed E-state index contributed by atoms with van der Waals surface area (Å²) < 4.78 is 19.0. The number of methoxy groups -OCH3 is 1. The van der Waals surface area contributed by atoms with Crippen molar-refractivity contribution in [3.05, 3.63) is 52.2 Å². The van der Waals surface area contributed by atoms with Gasteiger partial charge in [-0.2, -0.15) is 0 Å². The molecule has 4 rings (SSSR count). The van der Waals surface area contributed by atoms with Crippen molar-refractivity contribution >= 4 is 66.4 Å². The zero-order chi connectivity index (χ0) is 27.9. The lowest BCUT2D eigenvalue weighted by Crippen LogP contribution is -2.05. The van der Waals surface area contributed by atoms with Crippen molar-refractivity contribution in [2.45, 2.75) is 32.1 Å². The number of Topliss-reactive ketones (excluding diaryl/α,β-unsaturated/α-hetero) is 2. The van der Waals surface area contributed by atoms with E-state index in [2.05, 4.69) is 0 Å². The summed E-state index contributed by atoms with van der Waals surface area (Å²) in [4.78, 5) is 47.0. The zero-order valence-electron chi connectivity index (χ0n) is 21.1. The maximum Gasteiger partial charge on any atom is 0.303 e. The van der Waals surface area contributed by atoms with Gasteiger partial charge in [0.25, 0.3) is 0 Å². The first-order chi connectivity index (χ1) is 18.7. The fraction of sp³-hybridized carbons (Fsp3) is 0.286. The van der Waals surface area contributed by atoms with E-state index in [-0.39, 0.29) is 37.2 Å². The monoisotopic (exact) mass is 570 g/mol. The van der Waals surface area contributed by atoms with E-state index in [1.807, 2.05) is 24.3 Å². The third-order valence-corrected chi connectivity index (χ3v) is 8.07. The van der Waals surface area contributed by atoms with Gasteiger partial charge in [0.2, 0.25) is 0 Å². The summed E-state index contributed by atoms with van der Waals surface area (Å²) in [6, 6.07) is 12.7. The molecule has 0 aliphatic heterocycles. The quantitative estimate of drug-likeness (QED) is 0.129. The van der Waals surface area contributed by atoms with Crippen LogP contribution in [0.15, 0.2) is 42.5 Å². The average molecular weight is 571 g/mol. The van der Waals surface area contributed by atoms with Crippen molar-refractivity contribution in [2.75, 3.05) is 20.3 Å². The molecule has 2 N–H and O–H groups in total. The second-order valence-corrected chi connectivity index (χ2v) is 10.8. The van der Waals surface area contributed by atoms with Crippen LogP contribution in [0.4, 0.5) is 0 Å². The Morgan fingerprint density at radius 3 is 1.90 bits per heavy atom. The third-order valence-electron chi connectivity index (χ3n) is 5.79. The smallest absolute Gasteiger partial charge is 0.303 e. The molecule has 11 heteroatoms. The Kier molecular flexibility index (Phi) is 9.15. The van der Waals surface area contributed by atoms with Crippen LogP contribution in [0.5, 0.6) is 17.2 Å². The molecule has 0 spiro atoms. The molecule has 0 fully saturated rings. The maximum absolute atomic E-state index is 12.3. The van der Waals surface area contributed by atoms with Crippen LogP contribution in [0, 0.1) is 0 Å². The lowest BCUT2D eigenvalue weighted by Gasteiger charge is -2.11. The molecule has 2 heterocycles. The van der Waals surface area contributed by atoms with Gasteiger partial charge < -0.3 is 24.4 Å². The molecule has 0 saturated heterocycles. The van der Waals surface area contributed by atoms with Gasteiger partial charge >= 0.3 is 11.9 Å². The van der Waals surface area contributed by atoms with Gasteiger partial charge in [0.05, 0.1) is 42.9 Å². The highest BCUT2D eigenvalue weighted by Gasteiger charge is 2.16. The Morgan fingerprint density at radius 1 is 0.692 bits per heavy atom. The summed E-state index contributed by atoms with van der Waals surface area (Å²) in [5.41, 5.74) is 0. The van der Waals surface area contributed by atoms with Crippen LogP contribution in [-0.2, 0) is 9.59 Å². The summed E-state index contributed by atoms with van der Waals surface area (Å²) in [5, 5.41) is 19.3. The summed E-state index contributed by atoms with van der Waals surface area (Å²) in [7, 11) is 1.54. The van der Waals surface area contributed by atoms with Crippen LogP contribution in [-0.4, -0.2) is 54.0 Å². The number of carboxylic acid groups (broad SMARTS) is 2. The number of hydrogen-bond donors (Lipinski definition) is 2. The number of ketones is 2. The molecule has 0 unspecified atom stereocenters. The van der Waals surface area contributed by atoms with Crippen LogP contribution in [0.1, 0.15) is 51.4 Å². The van der Waals surface area contributed by atoms with Crippen LogP contribution >= 0.6 is 22.7 Å². The normalized spacial score (nSPS) is 11.0. The number of aliphatic carboxylic acids is 2. The van der Waals surface area contributed by atoms with E-state index < -0.39 is 11.9 Å². The van der Waals surface area contributed by atoms with E-state index in [9.17, 15) is 19.2 Å². The summed E-state index contributed by atoms with van der Waals surface area (Å²) >= 11 is 2.61. The maximum atomic E-state index is 12.3. The average Bonchev–Trinajstić information content (AvgIpc) is 3.53. The van der Waals surface area contributed by atoms with Gasteiger partial charge in [0, 0.05) is 34.7 Å². The Morgan fingerprint density at radius 2 is 1.28 bits per heavy atom. The van der Waals surface area contributed by atoms with Gasteiger partial charge in [-0.15, -0.1) is 22.7 Å². The van der Waals surface area contributed by atoms with Crippen LogP contribution in [0.2, 0.25) is 0 Å². The summed E-state index contributed by atoms with van der Waals surface area (Å²) in [6.07, 6.45) is 0.122. The second kappa shape index (κ2) is 12.7. The van der Waals surface area contributed by atoms with E-state index in [0.29, 0.717) is 46.6 Å². The SMILES string of the molecule is COc1cc2cc(C(=O)CCC(=O)O)sc2cc1OCCCOc1ccc2cc(C(=O)CCC(=O)O)sc2c1. The molecule has 0 amide bonds. The predicted octanol–water partition coefficient (Wildman–Crippen LogP) is 6.07. The van der Waals surface area contributed by atoms with Gasteiger partial charge in [-0.25, -0.2) is 0 Å². The fourth-order valence-corrected chi connectivity index (χ4v) is 5.91. The number of benzene rings is 2. The number of fused-ring (bicyclic) bond motifs is 2. The van der Waals surface area contributed by atoms with Gasteiger partial charge in [-0.05, 0) is 47.2 Å². The first-order valence-corrected chi connectivity index (χ1v) is 13.8. The first kappa shape index (κ1) is 28.1. The van der Waals surface area contributed by atoms with Crippen molar-refractivity contribution in [1.82, 2.24) is 0 Å². The molecular formula is C28H26O9S2. The van der Waals surface area contributed by atoms with Gasteiger partial charge in [0.1, 0.15) is 5.75 Å². The van der Waals surface area contributed by atoms with E-state index in [4.69, 9.17) is 24.4 Å². The van der Waals surface area contributed by atoms with Crippen LogP contribution in [0.3, 0.4) is 0 Å². The standard InChI is InChI=1S/C28H26O9S2/c1-35-21-11-17-13-26(20(30)6-8-28(33)34)39-24(17)15-22(21)37-10-2-9-36-18-4-3-16-12-25(38-23(16)14-18)19(29)5-7-27(31)32/h3-4,11-15H,2,5-10H2,1H3,(H,31,32)(H,33,34). The molecule has 204 valence electrons. The third kappa shape index (κ3) is 7.33. The minimum absolute atomic E-state index is 0.0260. The predicted molar refractivity (Wildman–Crippen MR) is 148 cm³/mol. The first-order valence-electron chi connectivity index (χ1n) is 12.1. The van der Waals surface area contributed by atoms with Crippen molar-refractivity contribution in [3.8, 4) is 17.2 Å². The number of carbonyl (C=O) groups excluding carboxylic acids is 2.